The number of guanidine groups is 1. The molecule has 0 aromatic rings. The molecule has 156 valence electrons. The van der Waals surface area contributed by atoms with Gasteiger partial charge in [0.15, 0.2) is 5.96 Å². The zero-order valence-corrected chi connectivity index (χ0v) is 17.6. The van der Waals surface area contributed by atoms with Crippen LogP contribution in [0.5, 0.6) is 0 Å². The number of carbonyl (C=O) groups is 2. The molecule has 1 heterocycles. The highest BCUT2D eigenvalue weighted by atomic mass is 16.6. The molecule has 1 rings (SSSR count). The van der Waals surface area contributed by atoms with Crippen molar-refractivity contribution < 1.29 is 14.3 Å². The predicted octanol–water partition coefficient (Wildman–Crippen LogP) is 1.80. The molecule has 1 atom stereocenters. The van der Waals surface area contributed by atoms with Gasteiger partial charge in [0.25, 0.3) is 0 Å². The SMILES string of the molecule is CCCN(CCNC(=NC)N1CCCC(CC(N)=O)C1)C(=O)OC(C)(C)C. The van der Waals surface area contributed by atoms with Crippen molar-refractivity contribution >= 4 is 18.0 Å². The summed E-state index contributed by atoms with van der Waals surface area (Å²) in [6.07, 6.45) is 3.02. The van der Waals surface area contributed by atoms with Crippen molar-refractivity contribution in [1.82, 2.24) is 15.1 Å². The van der Waals surface area contributed by atoms with E-state index >= 15 is 0 Å². The minimum Gasteiger partial charge on any atom is -0.444 e. The zero-order valence-electron chi connectivity index (χ0n) is 17.6. The van der Waals surface area contributed by atoms with Gasteiger partial charge in [0, 0.05) is 46.2 Å². The second-order valence-corrected chi connectivity index (χ2v) is 8.07. The highest BCUT2D eigenvalue weighted by molar-refractivity contribution is 5.80. The van der Waals surface area contributed by atoms with Crippen molar-refractivity contribution in [3.63, 3.8) is 0 Å². The Morgan fingerprint density at radius 3 is 2.59 bits per heavy atom. The van der Waals surface area contributed by atoms with E-state index in [1.807, 2.05) is 27.7 Å². The number of piperidine rings is 1. The molecule has 1 saturated heterocycles. The molecule has 0 aromatic carbocycles. The quantitative estimate of drug-likeness (QED) is 0.516. The molecular formula is C19H37N5O3. The van der Waals surface area contributed by atoms with Gasteiger partial charge in [-0.15, -0.1) is 0 Å². The summed E-state index contributed by atoms with van der Waals surface area (Å²) in [4.78, 5) is 31.8. The van der Waals surface area contributed by atoms with Crippen molar-refractivity contribution in [3.8, 4) is 0 Å². The van der Waals surface area contributed by atoms with Crippen LogP contribution in [0, 0.1) is 5.92 Å². The van der Waals surface area contributed by atoms with E-state index in [4.69, 9.17) is 10.5 Å². The van der Waals surface area contributed by atoms with Crippen molar-refractivity contribution in [1.29, 1.82) is 0 Å². The average molecular weight is 384 g/mol. The fraction of sp³-hybridized carbons (Fsp3) is 0.842. The topological polar surface area (TPSA) is 100 Å². The molecule has 0 saturated carbocycles. The van der Waals surface area contributed by atoms with Gasteiger partial charge in [-0.3, -0.25) is 9.79 Å². The number of hydrogen-bond acceptors (Lipinski definition) is 4. The Bertz CT molecular complexity index is 516. The molecule has 8 nitrogen and oxygen atoms in total. The molecule has 2 amide bonds. The van der Waals surface area contributed by atoms with E-state index in [9.17, 15) is 9.59 Å². The summed E-state index contributed by atoms with van der Waals surface area (Å²) >= 11 is 0. The van der Waals surface area contributed by atoms with E-state index in [1.54, 1.807) is 11.9 Å². The summed E-state index contributed by atoms with van der Waals surface area (Å²) in [6, 6.07) is 0. The Balaban J connectivity index is 2.54. The van der Waals surface area contributed by atoms with Crippen LogP contribution in [-0.4, -0.2) is 73.1 Å². The van der Waals surface area contributed by atoms with Crippen molar-refractivity contribution in [3.05, 3.63) is 0 Å². The third kappa shape index (κ3) is 8.97. The van der Waals surface area contributed by atoms with Crippen LogP contribution in [0.2, 0.25) is 0 Å². The largest absolute Gasteiger partial charge is 0.444 e. The molecule has 0 spiro atoms. The van der Waals surface area contributed by atoms with Gasteiger partial charge < -0.3 is 25.6 Å². The molecule has 0 bridgehead atoms. The van der Waals surface area contributed by atoms with Gasteiger partial charge in [-0.25, -0.2) is 4.79 Å². The Morgan fingerprint density at radius 2 is 2.04 bits per heavy atom. The van der Waals surface area contributed by atoms with Crippen LogP contribution in [0.4, 0.5) is 4.79 Å². The van der Waals surface area contributed by atoms with Gasteiger partial charge in [-0.1, -0.05) is 6.92 Å². The van der Waals surface area contributed by atoms with Gasteiger partial charge in [0.2, 0.25) is 5.91 Å². The lowest BCUT2D eigenvalue weighted by atomic mass is 9.95. The number of nitrogens with one attached hydrogen (secondary N) is 1. The number of aliphatic imine (C=N–C) groups is 1. The first-order valence-corrected chi connectivity index (χ1v) is 9.88. The maximum atomic E-state index is 12.3. The molecule has 27 heavy (non-hydrogen) atoms. The van der Waals surface area contributed by atoms with E-state index in [0.29, 0.717) is 26.1 Å². The third-order valence-corrected chi connectivity index (χ3v) is 4.33. The second-order valence-electron chi connectivity index (χ2n) is 8.07. The first kappa shape index (κ1) is 23.0. The lowest BCUT2D eigenvalue weighted by Crippen LogP contribution is -2.49. The number of carbonyl (C=O) groups excluding carboxylic acids is 2. The highest BCUT2D eigenvalue weighted by Crippen LogP contribution is 2.19. The number of ether oxygens (including phenoxy) is 1. The van der Waals surface area contributed by atoms with E-state index in [-0.39, 0.29) is 17.9 Å². The highest BCUT2D eigenvalue weighted by Gasteiger charge is 2.24. The number of rotatable bonds is 7. The van der Waals surface area contributed by atoms with Crippen LogP contribution in [0.15, 0.2) is 4.99 Å². The fourth-order valence-electron chi connectivity index (χ4n) is 3.23. The Hall–Kier alpha value is -1.99. The number of primary amides is 1. The molecular weight excluding hydrogens is 346 g/mol. The zero-order chi connectivity index (χ0) is 20.4. The van der Waals surface area contributed by atoms with Crippen LogP contribution in [0.3, 0.4) is 0 Å². The van der Waals surface area contributed by atoms with E-state index in [2.05, 4.69) is 15.2 Å². The number of hydrogen-bond donors (Lipinski definition) is 2. The number of likely N-dealkylation sites (tertiary alicyclic amines) is 1. The fourth-order valence-corrected chi connectivity index (χ4v) is 3.23. The number of nitrogens with two attached hydrogens (primary N) is 1. The lowest BCUT2D eigenvalue weighted by Gasteiger charge is -2.35. The van der Waals surface area contributed by atoms with Gasteiger partial charge >= 0.3 is 6.09 Å². The van der Waals surface area contributed by atoms with Crippen LogP contribution in [0.25, 0.3) is 0 Å². The summed E-state index contributed by atoms with van der Waals surface area (Å²) in [7, 11) is 1.75. The van der Waals surface area contributed by atoms with Gasteiger partial charge in [-0.2, -0.15) is 0 Å². The van der Waals surface area contributed by atoms with Crippen molar-refractivity contribution in [2.24, 2.45) is 16.6 Å². The number of amides is 2. The van der Waals surface area contributed by atoms with Gasteiger partial charge in [0.05, 0.1) is 0 Å². The molecule has 0 radical (unpaired) electrons. The molecule has 1 fully saturated rings. The minimum absolute atomic E-state index is 0.252. The van der Waals surface area contributed by atoms with E-state index in [1.165, 1.54) is 0 Å². The second kappa shape index (κ2) is 11.0. The van der Waals surface area contributed by atoms with Crippen molar-refractivity contribution in [2.75, 3.05) is 39.8 Å². The normalized spacial score (nSPS) is 18.2. The standard InChI is InChI=1S/C19H37N5O3/c1-6-10-23(18(26)27-19(2,3)4)12-9-22-17(21-5)24-11-7-8-15(14-24)13-16(20)25/h15H,6-14H2,1-5H3,(H2,20,25)(H,21,22). The lowest BCUT2D eigenvalue weighted by molar-refractivity contribution is -0.119. The summed E-state index contributed by atoms with van der Waals surface area (Å²) in [5, 5.41) is 3.33. The predicted molar refractivity (Wildman–Crippen MR) is 108 cm³/mol. The molecule has 0 aromatic heterocycles. The van der Waals surface area contributed by atoms with Gasteiger partial charge in [0.1, 0.15) is 5.60 Å². The van der Waals surface area contributed by atoms with Gasteiger partial charge in [-0.05, 0) is 46.0 Å². The Kier molecular flexibility index (Phi) is 9.38. The first-order valence-electron chi connectivity index (χ1n) is 9.88. The summed E-state index contributed by atoms with van der Waals surface area (Å²) in [5.74, 6) is 0.815. The molecule has 1 aliphatic rings. The van der Waals surface area contributed by atoms with E-state index in [0.717, 1.165) is 38.3 Å². The average Bonchev–Trinajstić information content (AvgIpc) is 2.55. The molecule has 8 heteroatoms. The van der Waals surface area contributed by atoms with Crippen LogP contribution in [-0.2, 0) is 9.53 Å². The van der Waals surface area contributed by atoms with Crippen LogP contribution in [0.1, 0.15) is 53.4 Å². The molecule has 1 unspecified atom stereocenters. The Morgan fingerprint density at radius 1 is 1.33 bits per heavy atom. The molecule has 1 aliphatic heterocycles. The number of nitrogens with zero attached hydrogens (tertiary/aromatic N) is 3. The third-order valence-electron chi connectivity index (χ3n) is 4.33. The van der Waals surface area contributed by atoms with Crippen molar-refractivity contribution in [2.45, 2.75) is 59.0 Å². The summed E-state index contributed by atoms with van der Waals surface area (Å²) in [5.41, 5.74) is 4.83. The maximum Gasteiger partial charge on any atom is 0.410 e. The molecule has 0 aliphatic carbocycles. The maximum absolute atomic E-state index is 12.3. The first-order chi connectivity index (χ1) is 12.7. The Labute approximate surface area is 163 Å². The summed E-state index contributed by atoms with van der Waals surface area (Å²) in [6.45, 7) is 11.1. The minimum atomic E-state index is -0.504. The van der Waals surface area contributed by atoms with Crippen LogP contribution >= 0.6 is 0 Å². The van der Waals surface area contributed by atoms with Crippen LogP contribution < -0.4 is 11.1 Å². The molecule has 3 N–H and O–H groups in total. The smallest absolute Gasteiger partial charge is 0.410 e. The summed E-state index contributed by atoms with van der Waals surface area (Å²) < 4.78 is 5.48. The van der Waals surface area contributed by atoms with E-state index < -0.39 is 5.60 Å². The monoisotopic (exact) mass is 383 g/mol.